The van der Waals surface area contributed by atoms with Crippen LogP contribution in [-0.4, -0.2) is 21.9 Å². The number of nitrogens with one attached hydrogen (secondary N) is 1. The van der Waals surface area contributed by atoms with Gasteiger partial charge in [0.2, 0.25) is 5.91 Å². The van der Waals surface area contributed by atoms with Crippen LogP contribution in [0.5, 0.6) is 5.75 Å². The number of hydrogen-bond acceptors (Lipinski definition) is 3. The van der Waals surface area contributed by atoms with Gasteiger partial charge in [0.15, 0.2) is 0 Å². The summed E-state index contributed by atoms with van der Waals surface area (Å²) < 4.78 is 9.01. The van der Waals surface area contributed by atoms with E-state index in [0.717, 1.165) is 17.0 Å². The summed E-state index contributed by atoms with van der Waals surface area (Å²) in [5, 5.41) is 2.77. The number of amides is 1. The average molecular weight is 379 g/mol. The number of carbonyl (C=O) groups excluding carboxylic acids is 1. The molecule has 6 heteroatoms. The Morgan fingerprint density at radius 1 is 1.04 bits per heavy atom. The molecule has 1 heterocycles. The van der Waals surface area contributed by atoms with Crippen molar-refractivity contribution >= 4 is 11.6 Å². The highest BCUT2D eigenvalue weighted by atomic mass is 16.5. The summed E-state index contributed by atoms with van der Waals surface area (Å²) in [4.78, 5) is 25.1. The van der Waals surface area contributed by atoms with E-state index >= 15 is 0 Å². The molecular weight excluding hydrogens is 354 g/mol. The Labute approximate surface area is 164 Å². The Bertz CT molecular complexity index is 1020. The van der Waals surface area contributed by atoms with Crippen LogP contribution in [0.15, 0.2) is 59.4 Å². The number of ether oxygens (including phenoxy) is 1. The van der Waals surface area contributed by atoms with Gasteiger partial charge in [-0.2, -0.15) is 0 Å². The maximum atomic E-state index is 12.8. The summed E-state index contributed by atoms with van der Waals surface area (Å²) in [6, 6.07) is 17.1. The van der Waals surface area contributed by atoms with Gasteiger partial charge < -0.3 is 10.1 Å². The van der Waals surface area contributed by atoms with E-state index in [1.165, 1.54) is 0 Å². The highest BCUT2D eigenvalue weighted by molar-refractivity contribution is 5.91. The summed E-state index contributed by atoms with van der Waals surface area (Å²) in [6.45, 7) is 4.25. The molecule has 28 heavy (non-hydrogen) atoms. The van der Waals surface area contributed by atoms with Crippen LogP contribution in [-0.2, 0) is 11.8 Å². The fourth-order valence-electron chi connectivity index (χ4n) is 3.05. The van der Waals surface area contributed by atoms with Crippen LogP contribution in [0.25, 0.3) is 5.69 Å². The van der Waals surface area contributed by atoms with Crippen molar-refractivity contribution in [2.24, 2.45) is 7.05 Å². The standard InChI is InChI=1S/C22H25N3O3/c1-16-10-7-8-13-19(16)28-15-9-14-20(26)23-21-17(2)24(3)25(22(21)27)18-11-5-4-6-12-18/h4-8,10-13H,9,14-15H2,1-3H3,(H,23,26). The van der Waals surface area contributed by atoms with Gasteiger partial charge in [0.25, 0.3) is 5.56 Å². The van der Waals surface area contributed by atoms with Crippen molar-refractivity contribution in [3.05, 3.63) is 76.2 Å². The molecule has 0 saturated carbocycles. The zero-order chi connectivity index (χ0) is 20.1. The summed E-state index contributed by atoms with van der Waals surface area (Å²) in [7, 11) is 1.80. The van der Waals surface area contributed by atoms with E-state index in [-0.39, 0.29) is 17.9 Å². The predicted octanol–water partition coefficient (Wildman–Crippen LogP) is 3.59. The minimum atomic E-state index is -0.240. The van der Waals surface area contributed by atoms with Crippen LogP contribution in [0.3, 0.4) is 0 Å². The van der Waals surface area contributed by atoms with E-state index in [2.05, 4.69) is 5.32 Å². The molecule has 3 aromatic rings. The molecule has 0 spiro atoms. The molecule has 0 fully saturated rings. The van der Waals surface area contributed by atoms with Crippen LogP contribution in [0.4, 0.5) is 5.69 Å². The molecule has 0 aliphatic carbocycles. The molecule has 6 nitrogen and oxygen atoms in total. The van der Waals surface area contributed by atoms with Crippen LogP contribution in [0, 0.1) is 13.8 Å². The van der Waals surface area contributed by atoms with Crippen molar-refractivity contribution in [1.82, 2.24) is 9.36 Å². The Morgan fingerprint density at radius 2 is 1.71 bits per heavy atom. The average Bonchev–Trinajstić information content (AvgIpc) is 2.90. The number of anilines is 1. The van der Waals surface area contributed by atoms with Crippen molar-refractivity contribution in [2.75, 3.05) is 11.9 Å². The van der Waals surface area contributed by atoms with Gasteiger partial charge in [0.1, 0.15) is 11.4 Å². The van der Waals surface area contributed by atoms with Gasteiger partial charge in [0.05, 0.1) is 18.0 Å². The van der Waals surface area contributed by atoms with E-state index in [4.69, 9.17) is 4.74 Å². The molecule has 0 aliphatic heterocycles. The third-order valence-corrected chi connectivity index (χ3v) is 4.72. The molecule has 1 aromatic heterocycles. The molecule has 0 aliphatic rings. The van der Waals surface area contributed by atoms with Gasteiger partial charge in [0, 0.05) is 13.5 Å². The van der Waals surface area contributed by atoms with Crippen molar-refractivity contribution < 1.29 is 9.53 Å². The Morgan fingerprint density at radius 3 is 2.43 bits per heavy atom. The molecule has 0 bridgehead atoms. The van der Waals surface area contributed by atoms with Crippen LogP contribution in [0.1, 0.15) is 24.1 Å². The van der Waals surface area contributed by atoms with Crippen molar-refractivity contribution in [3.8, 4) is 11.4 Å². The summed E-state index contributed by atoms with van der Waals surface area (Å²) in [5.41, 5.74) is 2.60. The largest absolute Gasteiger partial charge is 0.493 e. The van der Waals surface area contributed by atoms with Gasteiger partial charge in [-0.15, -0.1) is 0 Å². The first kappa shape index (κ1) is 19.5. The molecule has 1 amide bonds. The van der Waals surface area contributed by atoms with E-state index in [0.29, 0.717) is 24.4 Å². The van der Waals surface area contributed by atoms with Crippen LogP contribution >= 0.6 is 0 Å². The first-order valence-corrected chi connectivity index (χ1v) is 9.31. The quantitative estimate of drug-likeness (QED) is 0.638. The van der Waals surface area contributed by atoms with Gasteiger partial charge in [-0.1, -0.05) is 36.4 Å². The second kappa shape index (κ2) is 8.61. The number of hydrogen-bond donors (Lipinski definition) is 1. The third kappa shape index (κ3) is 4.17. The number of rotatable bonds is 7. The van der Waals surface area contributed by atoms with E-state index < -0.39 is 0 Å². The Hall–Kier alpha value is -3.28. The molecule has 0 saturated heterocycles. The summed E-state index contributed by atoms with van der Waals surface area (Å²) in [6.07, 6.45) is 0.851. The Balaban J connectivity index is 1.62. The lowest BCUT2D eigenvalue weighted by Crippen LogP contribution is -2.23. The minimum absolute atomic E-state index is 0.195. The first-order chi connectivity index (χ1) is 13.5. The maximum Gasteiger partial charge on any atom is 0.295 e. The minimum Gasteiger partial charge on any atom is -0.493 e. The van der Waals surface area contributed by atoms with E-state index in [9.17, 15) is 9.59 Å². The Kier molecular flexibility index (Phi) is 5.99. The van der Waals surface area contributed by atoms with Gasteiger partial charge in [-0.05, 0) is 44.0 Å². The van der Waals surface area contributed by atoms with Crippen molar-refractivity contribution in [1.29, 1.82) is 0 Å². The normalized spacial score (nSPS) is 10.7. The first-order valence-electron chi connectivity index (χ1n) is 9.31. The number of nitrogens with zero attached hydrogens (tertiary/aromatic N) is 2. The SMILES string of the molecule is Cc1ccccc1OCCCC(=O)Nc1c(C)n(C)n(-c2ccccc2)c1=O. The van der Waals surface area contributed by atoms with Crippen LogP contribution < -0.4 is 15.6 Å². The molecular formula is C22H25N3O3. The second-order valence-electron chi connectivity index (χ2n) is 6.70. The lowest BCUT2D eigenvalue weighted by molar-refractivity contribution is -0.116. The van der Waals surface area contributed by atoms with Gasteiger partial charge >= 0.3 is 0 Å². The number of aromatic nitrogens is 2. The number of para-hydroxylation sites is 2. The van der Waals surface area contributed by atoms with E-state index in [1.807, 2.05) is 68.4 Å². The lowest BCUT2D eigenvalue weighted by Gasteiger charge is -2.08. The highest BCUT2D eigenvalue weighted by Gasteiger charge is 2.17. The topological polar surface area (TPSA) is 65.3 Å². The lowest BCUT2D eigenvalue weighted by atomic mass is 10.2. The maximum absolute atomic E-state index is 12.8. The fourth-order valence-corrected chi connectivity index (χ4v) is 3.05. The zero-order valence-electron chi connectivity index (χ0n) is 16.4. The number of aryl methyl sites for hydroxylation is 1. The molecule has 2 aromatic carbocycles. The molecule has 1 N–H and O–H groups in total. The molecule has 0 radical (unpaired) electrons. The molecule has 3 rings (SSSR count). The van der Waals surface area contributed by atoms with Gasteiger partial charge in [-0.25, -0.2) is 4.68 Å². The summed E-state index contributed by atoms with van der Waals surface area (Å²) in [5.74, 6) is 0.631. The number of benzene rings is 2. The van der Waals surface area contributed by atoms with Gasteiger partial charge in [-0.3, -0.25) is 14.3 Å². The number of carbonyl (C=O) groups is 1. The van der Waals surface area contributed by atoms with E-state index in [1.54, 1.807) is 16.4 Å². The molecule has 0 unspecified atom stereocenters. The fraction of sp³-hybridized carbons (Fsp3) is 0.273. The predicted molar refractivity (Wildman–Crippen MR) is 110 cm³/mol. The van der Waals surface area contributed by atoms with Crippen LogP contribution in [0.2, 0.25) is 0 Å². The zero-order valence-corrected chi connectivity index (χ0v) is 16.4. The van der Waals surface area contributed by atoms with Crippen molar-refractivity contribution in [2.45, 2.75) is 26.7 Å². The second-order valence-corrected chi connectivity index (χ2v) is 6.70. The molecule has 0 atom stereocenters. The monoisotopic (exact) mass is 379 g/mol. The van der Waals surface area contributed by atoms with Crippen molar-refractivity contribution in [3.63, 3.8) is 0 Å². The third-order valence-electron chi connectivity index (χ3n) is 4.72. The smallest absolute Gasteiger partial charge is 0.295 e. The molecule has 146 valence electrons. The highest BCUT2D eigenvalue weighted by Crippen LogP contribution is 2.17. The summed E-state index contributed by atoms with van der Waals surface area (Å²) >= 11 is 0.